The number of rotatable bonds is 5. The van der Waals surface area contributed by atoms with Crippen molar-refractivity contribution in [1.29, 1.82) is 5.26 Å². The lowest BCUT2D eigenvalue weighted by molar-refractivity contribution is 0.146. The highest BCUT2D eigenvalue weighted by molar-refractivity contribution is 6.88. The highest BCUT2D eigenvalue weighted by Gasteiger charge is 2.22. The molecule has 0 radical (unpaired) electrons. The van der Waals surface area contributed by atoms with Crippen LogP contribution < -0.4 is 10.1 Å². The lowest BCUT2D eigenvalue weighted by Gasteiger charge is -2.17. The van der Waals surface area contributed by atoms with Gasteiger partial charge in [0.25, 0.3) is 0 Å². The Kier molecular flexibility index (Phi) is 4.67. The highest BCUT2D eigenvalue weighted by Crippen LogP contribution is 2.12. The lowest BCUT2D eigenvalue weighted by Crippen LogP contribution is -2.41. The fraction of sp³-hybridized carbons (Fsp3) is 0.500. The first-order valence-corrected chi connectivity index (χ1v) is 9.01. The van der Waals surface area contributed by atoms with Gasteiger partial charge in [0.2, 0.25) is 0 Å². The topological polar surface area (TPSA) is 55.1 Å². The molecule has 17 heavy (non-hydrogen) atoms. The maximum Gasteiger partial charge on any atom is 0.139 e. The Hall–Kier alpha value is -1.38. The van der Waals surface area contributed by atoms with Crippen LogP contribution in [-0.2, 0) is 4.74 Å². The third-order valence-corrected chi connectivity index (χ3v) is 4.07. The van der Waals surface area contributed by atoms with Gasteiger partial charge in [-0.25, -0.2) is 0 Å². The van der Waals surface area contributed by atoms with Gasteiger partial charge in [-0.15, -0.1) is 0 Å². The van der Waals surface area contributed by atoms with E-state index in [1.165, 1.54) is 0 Å². The molecule has 1 aromatic heterocycles. The van der Waals surface area contributed by atoms with Crippen LogP contribution in [0.15, 0.2) is 12.3 Å². The molecule has 0 aliphatic rings. The first-order chi connectivity index (χ1) is 7.99. The SMILES string of the molecule is COCCOc1cnc([Si](C)(C)C)c(C#N)c1. The molecule has 0 unspecified atom stereocenters. The van der Waals surface area contributed by atoms with Crippen LogP contribution in [0, 0.1) is 11.3 Å². The van der Waals surface area contributed by atoms with E-state index in [0.717, 1.165) is 5.32 Å². The normalized spacial score (nSPS) is 11.0. The van der Waals surface area contributed by atoms with Gasteiger partial charge in [-0.2, -0.15) is 5.26 Å². The van der Waals surface area contributed by atoms with Gasteiger partial charge in [0.1, 0.15) is 26.5 Å². The summed E-state index contributed by atoms with van der Waals surface area (Å²) in [5, 5.41) is 10.1. The van der Waals surface area contributed by atoms with Crippen LogP contribution >= 0.6 is 0 Å². The standard InChI is InChI=1S/C12H18N2O2Si/c1-15-5-6-16-11-7-10(8-13)12(14-9-11)17(2,3)4/h7,9H,5-6H2,1-4H3. The largest absolute Gasteiger partial charge is 0.490 e. The van der Waals surface area contributed by atoms with Crippen molar-refractivity contribution in [2.24, 2.45) is 0 Å². The maximum absolute atomic E-state index is 9.13. The first-order valence-electron chi connectivity index (χ1n) is 5.51. The summed E-state index contributed by atoms with van der Waals surface area (Å²) in [4.78, 5) is 4.37. The van der Waals surface area contributed by atoms with E-state index in [4.69, 9.17) is 14.7 Å². The predicted octanol–water partition coefficient (Wildman–Crippen LogP) is 1.52. The van der Waals surface area contributed by atoms with Crippen LogP contribution in [0.5, 0.6) is 5.75 Å². The zero-order chi connectivity index (χ0) is 12.9. The van der Waals surface area contributed by atoms with Crippen LogP contribution in [-0.4, -0.2) is 33.4 Å². The summed E-state index contributed by atoms with van der Waals surface area (Å²) < 4.78 is 10.3. The van der Waals surface area contributed by atoms with Crippen molar-refractivity contribution in [3.8, 4) is 11.8 Å². The molecule has 0 atom stereocenters. The Morgan fingerprint density at radius 3 is 2.59 bits per heavy atom. The summed E-state index contributed by atoms with van der Waals surface area (Å²) in [7, 11) is 0.0479. The van der Waals surface area contributed by atoms with Crippen molar-refractivity contribution in [3.05, 3.63) is 17.8 Å². The lowest BCUT2D eigenvalue weighted by atomic mass is 10.3. The molecule has 0 aliphatic heterocycles. The fourth-order valence-electron chi connectivity index (χ4n) is 1.45. The molecule has 92 valence electrons. The van der Waals surface area contributed by atoms with Crippen molar-refractivity contribution < 1.29 is 9.47 Å². The van der Waals surface area contributed by atoms with Gasteiger partial charge in [0.15, 0.2) is 0 Å². The summed E-state index contributed by atoms with van der Waals surface area (Å²) in [6, 6.07) is 3.95. The van der Waals surface area contributed by atoms with Gasteiger partial charge in [0, 0.05) is 18.5 Å². The van der Waals surface area contributed by atoms with Crippen molar-refractivity contribution in [1.82, 2.24) is 4.98 Å². The molecule has 0 amide bonds. The predicted molar refractivity (Wildman–Crippen MR) is 69.3 cm³/mol. The van der Waals surface area contributed by atoms with E-state index in [2.05, 4.69) is 30.7 Å². The molecule has 0 aliphatic carbocycles. The number of methoxy groups -OCH3 is 1. The van der Waals surface area contributed by atoms with Gasteiger partial charge < -0.3 is 9.47 Å². The minimum atomic E-state index is -1.57. The average molecular weight is 250 g/mol. The average Bonchev–Trinajstić information content (AvgIpc) is 2.28. The summed E-state index contributed by atoms with van der Waals surface area (Å²) in [5.74, 6) is 0.626. The molecule has 1 aromatic rings. The second kappa shape index (κ2) is 5.80. The third kappa shape index (κ3) is 3.84. The van der Waals surface area contributed by atoms with E-state index in [9.17, 15) is 0 Å². The molecular weight excluding hydrogens is 232 g/mol. The maximum atomic E-state index is 9.13. The molecule has 4 nitrogen and oxygen atoms in total. The minimum Gasteiger partial charge on any atom is -0.490 e. The Balaban J connectivity index is 2.90. The molecule has 0 spiro atoms. The van der Waals surface area contributed by atoms with E-state index < -0.39 is 8.07 Å². The van der Waals surface area contributed by atoms with Crippen LogP contribution in [0.2, 0.25) is 19.6 Å². The van der Waals surface area contributed by atoms with Crippen LogP contribution in [0.4, 0.5) is 0 Å². The minimum absolute atomic E-state index is 0.468. The molecule has 0 aromatic carbocycles. The van der Waals surface area contributed by atoms with Gasteiger partial charge in [-0.1, -0.05) is 19.6 Å². The molecule has 0 fully saturated rings. The number of nitriles is 1. The molecule has 1 rings (SSSR count). The Labute approximate surface area is 103 Å². The fourth-order valence-corrected chi connectivity index (χ4v) is 2.84. The Morgan fingerprint density at radius 1 is 1.35 bits per heavy atom. The Bertz CT molecular complexity index is 421. The van der Waals surface area contributed by atoms with E-state index in [1.807, 2.05) is 0 Å². The van der Waals surface area contributed by atoms with E-state index in [-0.39, 0.29) is 0 Å². The van der Waals surface area contributed by atoms with Crippen LogP contribution in [0.1, 0.15) is 5.56 Å². The molecule has 5 heteroatoms. The summed E-state index contributed by atoms with van der Waals surface area (Å²) in [6.45, 7) is 7.50. The second-order valence-corrected chi connectivity index (χ2v) is 9.74. The molecule has 0 N–H and O–H groups in total. The van der Waals surface area contributed by atoms with Crippen molar-refractivity contribution >= 4 is 13.4 Å². The van der Waals surface area contributed by atoms with Crippen molar-refractivity contribution in [2.45, 2.75) is 19.6 Å². The zero-order valence-corrected chi connectivity index (χ0v) is 11.8. The molecule has 0 saturated carbocycles. The van der Waals surface area contributed by atoms with E-state index in [1.54, 1.807) is 19.4 Å². The van der Waals surface area contributed by atoms with Gasteiger partial charge >= 0.3 is 0 Å². The van der Waals surface area contributed by atoms with E-state index >= 15 is 0 Å². The molecule has 1 heterocycles. The Morgan fingerprint density at radius 2 is 2.06 bits per heavy atom. The van der Waals surface area contributed by atoms with Crippen LogP contribution in [0.25, 0.3) is 0 Å². The quantitative estimate of drug-likeness (QED) is 0.587. The van der Waals surface area contributed by atoms with Crippen LogP contribution in [0.3, 0.4) is 0 Å². The molecule has 0 bridgehead atoms. The van der Waals surface area contributed by atoms with Gasteiger partial charge in [-0.3, -0.25) is 4.98 Å². The molecule has 0 saturated heterocycles. The highest BCUT2D eigenvalue weighted by atomic mass is 28.3. The number of nitrogens with zero attached hydrogens (tertiary/aromatic N) is 2. The van der Waals surface area contributed by atoms with Crippen molar-refractivity contribution in [3.63, 3.8) is 0 Å². The number of hydrogen-bond donors (Lipinski definition) is 0. The zero-order valence-electron chi connectivity index (χ0n) is 10.8. The smallest absolute Gasteiger partial charge is 0.139 e. The molecular formula is C12H18N2O2Si. The number of aromatic nitrogens is 1. The summed E-state index contributed by atoms with van der Waals surface area (Å²) in [5.41, 5.74) is 0.624. The second-order valence-electron chi connectivity index (χ2n) is 4.77. The summed E-state index contributed by atoms with van der Waals surface area (Å²) in [6.07, 6.45) is 1.68. The first kappa shape index (κ1) is 13.7. The van der Waals surface area contributed by atoms with Gasteiger partial charge in [0.05, 0.1) is 18.4 Å². The monoisotopic (exact) mass is 250 g/mol. The third-order valence-electron chi connectivity index (χ3n) is 2.25. The number of ether oxygens (including phenoxy) is 2. The number of pyridine rings is 1. The van der Waals surface area contributed by atoms with E-state index in [0.29, 0.717) is 24.5 Å². The number of hydrogen-bond acceptors (Lipinski definition) is 4. The van der Waals surface area contributed by atoms with Crippen molar-refractivity contribution in [2.75, 3.05) is 20.3 Å². The summed E-state index contributed by atoms with van der Waals surface area (Å²) >= 11 is 0. The van der Waals surface area contributed by atoms with Gasteiger partial charge in [-0.05, 0) is 0 Å².